The molecule has 1 saturated heterocycles. The first-order valence-corrected chi connectivity index (χ1v) is 7.64. The lowest BCUT2D eigenvalue weighted by Crippen LogP contribution is -2.47. The standard InChI is InChI=1S/C12H14ClNO4S/c13-10-3-1-2-4-11(10)19(17,18)14-7-5-12(16,9-15)6-8-14/h1-4,9,16H,5-8H2. The Kier molecular flexibility index (Phi) is 3.96. The first-order chi connectivity index (χ1) is 8.89. The van der Waals surface area contributed by atoms with Crippen LogP contribution < -0.4 is 0 Å². The third-order valence-electron chi connectivity index (χ3n) is 3.26. The van der Waals surface area contributed by atoms with Crippen LogP contribution in [0.25, 0.3) is 0 Å². The number of aliphatic hydroxyl groups is 1. The normalized spacial score (nSPS) is 20.1. The van der Waals surface area contributed by atoms with Crippen molar-refractivity contribution in [1.82, 2.24) is 4.31 Å². The summed E-state index contributed by atoms with van der Waals surface area (Å²) in [7, 11) is -3.68. The number of nitrogens with zero attached hydrogens (tertiary/aromatic N) is 1. The average molecular weight is 304 g/mol. The minimum absolute atomic E-state index is 0.0493. The van der Waals surface area contributed by atoms with Gasteiger partial charge in [0.25, 0.3) is 0 Å². The van der Waals surface area contributed by atoms with Crippen LogP contribution in [0.3, 0.4) is 0 Å². The second-order valence-corrected chi connectivity index (χ2v) is 6.87. The molecule has 5 nitrogen and oxygen atoms in total. The van der Waals surface area contributed by atoms with E-state index in [1.807, 2.05) is 0 Å². The Balaban J connectivity index is 2.24. The number of aldehydes is 1. The van der Waals surface area contributed by atoms with Crippen LogP contribution in [0.5, 0.6) is 0 Å². The van der Waals surface area contributed by atoms with Crippen molar-refractivity contribution < 1.29 is 18.3 Å². The molecule has 0 bridgehead atoms. The third kappa shape index (κ3) is 2.81. The summed E-state index contributed by atoms with van der Waals surface area (Å²) >= 11 is 5.90. The zero-order valence-corrected chi connectivity index (χ0v) is 11.7. The molecular weight excluding hydrogens is 290 g/mol. The van der Waals surface area contributed by atoms with Crippen molar-refractivity contribution in [2.24, 2.45) is 0 Å². The van der Waals surface area contributed by atoms with Crippen molar-refractivity contribution in [3.63, 3.8) is 0 Å². The summed E-state index contributed by atoms with van der Waals surface area (Å²) in [6.07, 6.45) is 0.673. The molecule has 0 atom stereocenters. The van der Waals surface area contributed by atoms with Gasteiger partial charge in [-0.3, -0.25) is 0 Å². The van der Waals surface area contributed by atoms with Gasteiger partial charge in [-0.2, -0.15) is 4.31 Å². The predicted molar refractivity (Wildman–Crippen MR) is 70.5 cm³/mol. The van der Waals surface area contributed by atoms with E-state index in [2.05, 4.69) is 0 Å². The number of hydrogen-bond donors (Lipinski definition) is 1. The van der Waals surface area contributed by atoms with Gasteiger partial charge >= 0.3 is 0 Å². The summed E-state index contributed by atoms with van der Waals surface area (Å²) in [5.74, 6) is 0. The highest BCUT2D eigenvalue weighted by molar-refractivity contribution is 7.89. The Morgan fingerprint density at radius 2 is 1.84 bits per heavy atom. The molecule has 1 aliphatic heterocycles. The molecule has 1 aliphatic rings. The SMILES string of the molecule is O=CC1(O)CCN(S(=O)(=O)c2ccccc2Cl)CC1. The van der Waals surface area contributed by atoms with E-state index in [0.29, 0.717) is 6.29 Å². The van der Waals surface area contributed by atoms with E-state index in [1.165, 1.54) is 16.4 Å². The molecular formula is C12H14ClNO4S. The topological polar surface area (TPSA) is 74.7 Å². The van der Waals surface area contributed by atoms with Gasteiger partial charge in [-0.05, 0) is 25.0 Å². The smallest absolute Gasteiger partial charge is 0.244 e. The van der Waals surface area contributed by atoms with Gasteiger partial charge in [-0.1, -0.05) is 23.7 Å². The van der Waals surface area contributed by atoms with Gasteiger partial charge < -0.3 is 9.90 Å². The Hall–Kier alpha value is -0.950. The summed E-state index contributed by atoms with van der Waals surface area (Å²) in [6, 6.07) is 6.21. The fourth-order valence-corrected chi connectivity index (χ4v) is 3.96. The molecule has 0 amide bonds. The van der Waals surface area contributed by atoms with E-state index in [1.54, 1.807) is 12.1 Å². The van der Waals surface area contributed by atoms with Crippen molar-refractivity contribution in [1.29, 1.82) is 0 Å². The maximum atomic E-state index is 12.4. The van der Waals surface area contributed by atoms with E-state index >= 15 is 0 Å². The molecule has 0 saturated carbocycles. The molecule has 0 aliphatic carbocycles. The molecule has 1 fully saturated rings. The highest BCUT2D eigenvalue weighted by Crippen LogP contribution is 2.28. The molecule has 0 radical (unpaired) electrons. The van der Waals surface area contributed by atoms with Crippen LogP contribution in [0.4, 0.5) is 0 Å². The zero-order valence-electron chi connectivity index (χ0n) is 10.1. The number of hydrogen-bond acceptors (Lipinski definition) is 4. The minimum Gasteiger partial charge on any atom is -0.382 e. The Labute approximate surface area is 116 Å². The fourth-order valence-electron chi connectivity index (χ4n) is 2.02. The van der Waals surface area contributed by atoms with Crippen LogP contribution in [0.15, 0.2) is 29.2 Å². The van der Waals surface area contributed by atoms with Crippen LogP contribution in [0.1, 0.15) is 12.8 Å². The highest BCUT2D eigenvalue weighted by Gasteiger charge is 2.37. The lowest BCUT2D eigenvalue weighted by Gasteiger charge is -2.34. The lowest BCUT2D eigenvalue weighted by atomic mass is 9.94. The van der Waals surface area contributed by atoms with Crippen LogP contribution in [-0.4, -0.2) is 42.8 Å². The second-order valence-electron chi connectivity index (χ2n) is 4.56. The molecule has 0 unspecified atom stereocenters. The average Bonchev–Trinajstić information content (AvgIpc) is 2.39. The molecule has 2 rings (SSSR count). The van der Waals surface area contributed by atoms with E-state index in [0.717, 1.165) is 0 Å². The number of carbonyl (C=O) groups excluding carboxylic acids is 1. The van der Waals surface area contributed by atoms with Crippen molar-refractivity contribution in [2.45, 2.75) is 23.3 Å². The Bertz CT molecular complexity index is 579. The summed E-state index contributed by atoms with van der Waals surface area (Å²) < 4.78 is 26.0. The molecule has 104 valence electrons. The molecule has 0 aromatic heterocycles. The van der Waals surface area contributed by atoms with Gasteiger partial charge in [-0.15, -0.1) is 0 Å². The molecule has 1 N–H and O–H groups in total. The van der Waals surface area contributed by atoms with Crippen molar-refractivity contribution >= 4 is 27.9 Å². The molecule has 0 spiro atoms. The van der Waals surface area contributed by atoms with Gasteiger partial charge in [0.2, 0.25) is 10.0 Å². The van der Waals surface area contributed by atoms with E-state index in [4.69, 9.17) is 11.6 Å². The van der Waals surface area contributed by atoms with Crippen LogP contribution in [-0.2, 0) is 14.8 Å². The number of piperidine rings is 1. The van der Waals surface area contributed by atoms with Gasteiger partial charge in [-0.25, -0.2) is 8.42 Å². The highest BCUT2D eigenvalue weighted by atomic mass is 35.5. The van der Waals surface area contributed by atoms with Gasteiger partial charge in [0.15, 0.2) is 6.29 Å². The number of halogens is 1. The van der Waals surface area contributed by atoms with E-state index < -0.39 is 15.6 Å². The van der Waals surface area contributed by atoms with Gasteiger partial charge in [0, 0.05) is 13.1 Å². The zero-order chi connectivity index (χ0) is 14.1. The largest absolute Gasteiger partial charge is 0.382 e. The molecule has 19 heavy (non-hydrogen) atoms. The Morgan fingerprint density at radius 1 is 1.26 bits per heavy atom. The van der Waals surface area contributed by atoms with Gasteiger partial charge in [0.05, 0.1) is 5.02 Å². The van der Waals surface area contributed by atoms with E-state index in [9.17, 15) is 18.3 Å². The molecule has 7 heteroatoms. The summed E-state index contributed by atoms with van der Waals surface area (Å²) in [5, 5.41) is 9.94. The predicted octanol–water partition coefficient (Wildman–Crippen LogP) is 1.05. The monoisotopic (exact) mass is 303 g/mol. The van der Waals surface area contributed by atoms with E-state index in [-0.39, 0.29) is 35.8 Å². The number of sulfonamides is 1. The fraction of sp³-hybridized carbons (Fsp3) is 0.417. The lowest BCUT2D eigenvalue weighted by molar-refractivity contribution is -0.127. The molecule has 1 aromatic rings. The first-order valence-electron chi connectivity index (χ1n) is 5.82. The number of benzene rings is 1. The number of rotatable bonds is 3. The first kappa shape index (κ1) is 14.5. The third-order valence-corrected chi connectivity index (χ3v) is 5.66. The van der Waals surface area contributed by atoms with Crippen LogP contribution >= 0.6 is 11.6 Å². The van der Waals surface area contributed by atoms with Crippen molar-refractivity contribution in [2.75, 3.05) is 13.1 Å². The quantitative estimate of drug-likeness (QED) is 0.847. The molecule has 1 aromatic carbocycles. The Morgan fingerprint density at radius 3 is 2.37 bits per heavy atom. The summed E-state index contributed by atoms with van der Waals surface area (Å²) in [6.45, 7) is 0.200. The second kappa shape index (κ2) is 5.20. The molecule has 1 heterocycles. The van der Waals surface area contributed by atoms with Crippen LogP contribution in [0, 0.1) is 0 Å². The number of carbonyl (C=O) groups is 1. The summed E-state index contributed by atoms with van der Waals surface area (Å²) in [5.41, 5.74) is -1.41. The summed E-state index contributed by atoms with van der Waals surface area (Å²) in [4.78, 5) is 10.8. The minimum atomic E-state index is -3.68. The van der Waals surface area contributed by atoms with Gasteiger partial charge in [0.1, 0.15) is 10.5 Å². The van der Waals surface area contributed by atoms with Crippen LogP contribution in [0.2, 0.25) is 5.02 Å². The van der Waals surface area contributed by atoms with Crippen molar-refractivity contribution in [3.05, 3.63) is 29.3 Å². The maximum absolute atomic E-state index is 12.4. The maximum Gasteiger partial charge on any atom is 0.244 e. The van der Waals surface area contributed by atoms with Crippen molar-refractivity contribution in [3.8, 4) is 0 Å².